The largest absolute Gasteiger partial charge is 0.479 e. The highest BCUT2D eigenvalue weighted by Gasteiger charge is 2.46. The van der Waals surface area contributed by atoms with E-state index in [0.717, 1.165) is 0 Å². The zero-order valence-electron chi connectivity index (χ0n) is 14.4. The number of halogens is 2. The summed E-state index contributed by atoms with van der Waals surface area (Å²) in [6, 6.07) is 0. The Morgan fingerprint density at radius 3 is 2.97 bits per heavy atom. The molecule has 0 aliphatic carbocycles. The second kappa shape index (κ2) is 7.76. The topological polar surface area (TPSA) is 158 Å². The number of hydrogen-bond donors (Lipinski definition) is 3. The second-order valence-corrected chi connectivity index (χ2v) is 7.22. The van der Waals surface area contributed by atoms with Gasteiger partial charge in [0.2, 0.25) is 5.28 Å². The van der Waals surface area contributed by atoms with Crippen LogP contribution in [0.1, 0.15) is 18.0 Å². The van der Waals surface area contributed by atoms with Crippen molar-refractivity contribution in [2.75, 3.05) is 12.3 Å². The number of aromatic nitrogens is 5. The zero-order valence-corrected chi connectivity index (χ0v) is 16.0. The molecule has 4 rings (SSSR count). The molecule has 4 heterocycles. The summed E-state index contributed by atoms with van der Waals surface area (Å²) in [7, 11) is 0. The normalized spacial score (nSPS) is 25.5. The van der Waals surface area contributed by atoms with Gasteiger partial charge in [-0.1, -0.05) is 0 Å². The lowest BCUT2D eigenvalue weighted by Crippen LogP contribution is -2.33. The summed E-state index contributed by atoms with van der Waals surface area (Å²) in [6.07, 6.45) is -5.99. The summed E-state index contributed by atoms with van der Waals surface area (Å²) >= 11 is 7.02. The molecule has 29 heavy (non-hydrogen) atoms. The molecular weight excluding hydrogens is 431 g/mol. The van der Waals surface area contributed by atoms with Crippen molar-refractivity contribution in [3.8, 4) is 0 Å². The average Bonchev–Trinajstić information content (AvgIpc) is 3.38. The number of hydrogen-bond acceptors (Lipinski definition) is 10. The molecular formula is C15H14ClFN6O5S. The molecule has 0 saturated carbocycles. The first-order valence-corrected chi connectivity index (χ1v) is 9.54. The molecule has 3 aromatic rings. The summed E-state index contributed by atoms with van der Waals surface area (Å²) in [5.41, 5.74) is 7.74. The lowest BCUT2D eigenvalue weighted by Gasteiger charge is -2.18. The molecule has 0 radical (unpaired) electrons. The second-order valence-electron chi connectivity index (χ2n) is 6.17. The van der Waals surface area contributed by atoms with Gasteiger partial charge in [0.1, 0.15) is 17.7 Å². The van der Waals surface area contributed by atoms with Crippen LogP contribution in [0.15, 0.2) is 17.2 Å². The monoisotopic (exact) mass is 444 g/mol. The molecule has 0 aromatic carbocycles. The van der Waals surface area contributed by atoms with Gasteiger partial charge >= 0.3 is 5.97 Å². The summed E-state index contributed by atoms with van der Waals surface area (Å²) in [5, 5.41) is 20.9. The first-order chi connectivity index (χ1) is 13.9. The first kappa shape index (κ1) is 19.8. The van der Waals surface area contributed by atoms with Crippen LogP contribution in [-0.4, -0.2) is 65.7 Å². The Hall–Kier alpha value is -2.45. The van der Waals surface area contributed by atoms with Crippen LogP contribution in [-0.2, 0) is 14.3 Å². The van der Waals surface area contributed by atoms with Crippen LogP contribution in [0.2, 0.25) is 5.28 Å². The number of carboxylic acid groups (broad SMARTS) is 1. The van der Waals surface area contributed by atoms with E-state index in [1.807, 2.05) is 0 Å². The Morgan fingerprint density at radius 1 is 1.48 bits per heavy atom. The predicted octanol–water partition coefficient (Wildman–Crippen LogP) is 0.957. The predicted molar refractivity (Wildman–Crippen MR) is 98.0 cm³/mol. The fourth-order valence-corrected chi connectivity index (χ4v) is 3.73. The van der Waals surface area contributed by atoms with Crippen molar-refractivity contribution in [3.63, 3.8) is 0 Å². The van der Waals surface area contributed by atoms with E-state index in [0.29, 0.717) is 0 Å². The Bertz CT molecular complexity index is 1040. The molecule has 3 aromatic heterocycles. The third kappa shape index (κ3) is 3.62. The number of aliphatic hydroxyl groups is 1. The lowest BCUT2D eigenvalue weighted by molar-refractivity contribution is -0.155. The number of nitrogen functional groups attached to an aromatic ring is 1. The number of fused-ring (bicyclic) bond motifs is 1. The first-order valence-electron chi connectivity index (χ1n) is 8.22. The highest BCUT2D eigenvalue weighted by atomic mass is 35.5. The van der Waals surface area contributed by atoms with Crippen molar-refractivity contribution in [2.24, 2.45) is 0 Å². The molecule has 11 nitrogen and oxygen atoms in total. The number of alkyl halides is 1. The van der Waals surface area contributed by atoms with E-state index in [2.05, 4.69) is 19.9 Å². The Labute approximate surface area is 170 Å². The molecule has 0 amide bonds. The van der Waals surface area contributed by atoms with Crippen LogP contribution in [0.3, 0.4) is 0 Å². The number of carboxylic acids is 1. The van der Waals surface area contributed by atoms with Gasteiger partial charge in [0.25, 0.3) is 0 Å². The van der Waals surface area contributed by atoms with Crippen LogP contribution in [0, 0.1) is 0 Å². The van der Waals surface area contributed by atoms with Crippen molar-refractivity contribution in [1.29, 1.82) is 0 Å². The minimum atomic E-state index is -1.86. The van der Waals surface area contributed by atoms with Crippen molar-refractivity contribution < 1.29 is 28.9 Å². The highest BCUT2D eigenvalue weighted by molar-refractivity contribution is 7.07. The number of rotatable bonds is 6. The fraction of sp³-hybridized carbons (Fsp3) is 0.400. The average molecular weight is 445 g/mol. The number of aliphatic carboxylic acids is 1. The van der Waals surface area contributed by atoms with Gasteiger partial charge < -0.3 is 25.4 Å². The van der Waals surface area contributed by atoms with Gasteiger partial charge in [0.15, 0.2) is 30.0 Å². The van der Waals surface area contributed by atoms with E-state index in [9.17, 15) is 19.4 Å². The van der Waals surface area contributed by atoms with Crippen molar-refractivity contribution in [2.45, 2.75) is 30.7 Å². The standard InChI is InChI=1S/C15H14ClFN6O5S/c16-15-21-11(18)8-12(22-15)23(3-19-8)13-7(17)9(24)6(28-13)1-27-10(14(25)26)5-2-29-4-20-5/h2-4,6-7,9-10,13,24H,1H2,(H,25,26)(H2,18,21,22)/t6-,7+,9-,10?,13-/m1/s1. The minimum Gasteiger partial charge on any atom is -0.479 e. The van der Waals surface area contributed by atoms with Crippen molar-refractivity contribution >= 4 is 45.9 Å². The number of aliphatic hydroxyl groups excluding tert-OH is 1. The maximum absolute atomic E-state index is 14.8. The van der Waals surface area contributed by atoms with E-state index in [1.54, 1.807) is 0 Å². The van der Waals surface area contributed by atoms with Crippen molar-refractivity contribution in [3.05, 3.63) is 28.2 Å². The molecule has 4 N–H and O–H groups in total. The molecule has 1 unspecified atom stereocenters. The summed E-state index contributed by atoms with van der Waals surface area (Å²) in [6.45, 7) is -0.378. The molecule has 0 bridgehead atoms. The molecule has 1 aliphatic heterocycles. The van der Waals surface area contributed by atoms with Gasteiger partial charge in [-0.05, 0) is 11.6 Å². The summed E-state index contributed by atoms with van der Waals surface area (Å²) < 4.78 is 26.9. The Morgan fingerprint density at radius 2 is 2.28 bits per heavy atom. The van der Waals surface area contributed by atoms with E-state index >= 15 is 0 Å². The molecule has 154 valence electrons. The maximum Gasteiger partial charge on any atom is 0.339 e. The number of nitrogens with two attached hydrogens (primary N) is 1. The molecule has 1 saturated heterocycles. The third-order valence-corrected chi connectivity index (χ3v) is 5.13. The number of thiazole rings is 1. The fourth-order valence-electron chi connectivity index (χ4n) is 2.99. The molecule has 14 heteroatoms. The number of nitrogens with zero attached hydrogens (tertiary/aromatic N) is 5. The van der Waals surface area contributed by atoms with E-state index in [4.69, 9.17) is 26.8 Å². The van der Waals surface area contributed by atoms with Crippen LogP contribution in [0.4, 0.5) is 10.2 Å². The van der Waals surface area contributed by atoms with Crippen LogP contribution >= 0.6 is 22.9 Å². The van der Waals surface area contributed by atoms with E-state index < -0.39 is 36.7 Å². The zero-order chi connectivity index (χ0) is 20.7. The van der Waals surface area contributed by atoms with Crippen LogP contribution in [0.5, 0.6) is 0 Å². The SMILES string of the molecule is Nc1nc(Cl)nc2c1ncn2[C@@H]1O[C@H](COC(C(=O)O)c2cscn2)[C@@H](O)[C@@H]1F. The maximum atomic E-state index is 14.8. The minimum absolute atomic E-state index is 0.0140. The van der Waals surface area contributed by atoms with Crippen LogP contribution < -0.4 is 5.73 Å². The van der Waals surface area contributed by atoms with E-state index in [1.165, 1.54) is 33.1 Å². The van der Waals surface area contributed by atoms with Gasteiger partial charge in [-0.2, -0.15) is 9.97 Å². The van der Waals surface area contributed by atoms with Gasteiger partial charge in [-0.15, -0.1) is 11.3 Å². The number of ether oxygens (including phenoxy) is 2. The highest BCUT2D eigenvalue weighted by Crippen LogP contribution is 2.35. The van der Waals surface area contributed by atoms with Gasteiger partial charge in [-0.3, -0.25) is 4.57 Å². The van der Waals surface area contributed by atoms with Crippen LogP contribution in [0.25, 0.3) is 11.2 Å². The summed E-state index contributed by atoms with van der Waals surface area (Å²) in [5.74, 6) is -1.25. The lowest BCUT2D eigenvalue weighted by atomic mass is 10.1. The number of carbonyl (C=O) groups is 1. The quantitative estimate of drug-likeness (QED) is 0.467. The molecule has 0 spiro atoms. The van der Waals surface area contributed by atoms with Gasteiger partial charge in [0.05, 0.1) is 24.1 Å². The van der Waals surface area contributed by atoms with Gasteiger partial charge in [-0.25, -0.2) is 19.2 Å². The molecule has 1 aliphatic rings. The smallest absolute Gasteiger partial charge is 0.339 e. The Kier molecular flexibility index (Phi) is 5.31. The van der Waals surface area contributed by atoms with Gasteiger partial charge in [0, 0.05) is 5.38 Å². The number of imidazole rings is 1. The van der Waals surface area contributed by atoms with E-state index in [-0.39, 0.29) is 34.6 Å². The third-order valence-electron chi connectivity index (χ3n) is 4.36. The molecule has 5 atom stereocenters. The summed E-state index contributed by atoms with van der Waals surface area (Å²) in [4.78, 5) is 27.1. The molecule has 1 fully saturated rings. The Balaban J connectivity index is 1.53. The number of anilines is 1. The van der Waals surface area contributed by atoms with Crippen molar-refractivity contribution in [1.82, 2.24) is 24.5 Å².